The summed E-state index contributed by atoms with van der Waals surface area (Å²) in [4.78, 5) is 26.3. The van der Waals surface area contributed by atoms with Crippen molar-refractivity contribution in [1.29, 1.82) is 0 Å². The van der Waals surface area contributed by atoms with E-state index in [4.69, 9.17) is 10.5 Å². The Kier molecular flexibility index (Phi) is 4.59. The molecule has 5 nitrogen and oxygen atoms in total. The number of hydrogen-bond acceptors (Lipinski definition) is 4. The SMILES string of the molecule is CC(C)C1N(C(=O)CN)C(=O)OC1(c1ccccc1)c1ccccc1. The van der Waals surface area contributed by atoms with E-state index in [0.29, 0.717) is 0 Å². The molecule has 1 heterocycles. The molecule has 2 aromatic rings. The summed E-state index contributed by atoms with van der Waals surface area (Å²) in [6.45, 7) is 3.71. The van der Waals surface area contributed by atoms with Crippen LogP contribution in [0.5, 0.6) is 0 Å². The quantitative estimate of drug-likeness (QED) is 0.930. The number of hydrogen-bond donors (Lipinski definition) is 1. The molecule has 2 amide bonds. The number of ether oxygens (including phenoxy) is 1. The number of carbonyl (C=O) groups excluding carboxylic acids is 2. The summed E-state index contributed by atoms with van der Waals surface area (Å²) >= 11 is 0. The van der Waals surface area contributed by atoms with Gasteiger partial charge in [0.05, 0.1) is 12.6 Å². The number of amides is 2. The number of carbonyl (C=O) groups is 2. The Morgan fingerprint density at radius 2 is 1.56 bits per heavy atom. The second kappa shape index (κ2) is 6.69. The minimum atomic E-state index is -1.06. The molecule has 0 aromatic heterocycles. The fourth-order valence-electron chi connectivity index (χ4n) is 3.66. The zero-order chi connectivity index (χ0) is 18.0. The zero-order valence-corrected chi connectivity index (χ0v) is 14.4. The summed E-state index contributed by atoms with van der Waals surface area (Å²) in [5.41, 5.74) is 6.15. The van der Waals surface area contributed by atoms with E-state index in [0.717, 1.165) is 11.1 Å². The van der Waals surface area contributed by atoms with E-state index < -0.39 is 23.6 Å². The smallest absolute Gasteiger partial charge is 0.418 e. The van der Waals surface area contributed by atoms with Crippen LogP contribution in [0.2, 0.25) is 0 Å². The van der Waals surface area contributed by atoms with E-state index in [2.05, 4.69) is 0 Å². The van der Waals surface area contributed by atoms with Gasteiger partial charge in [-0.2, -0.15) is 0 Å². The maximum absolute atomic E-state index is 12.7. The second-order valence-corrected chi connectivity index (χ2v) is 6.49. The molecule has 1 aliphatic rings. The predicted octanol–water partition coefficient (Wildman–Crippen LogP) is 2.89. The number of nitrogens with zero attached hydrogens (tertiary/aromatic N) is 1. The van der Waals surface area contributed by atoms with Gasteiger partial charge >= 0.3 is 6.09 Å². The van der Waals surface area contributed by atoms with Gasteiger partial charge in [-0.25, -0.2) is 9.69 Å². The second-order valence-electron chi connectivity index (χ2n) is 6.49. The van der Waals surface area contributed by atoms with Crippen molar-refractivity contribution in [1.82, 2.24) is 4.90 Å². The highest BCUT2D eigenvalue weighted by Crippen LogP contribution is 2.47. The summed E-state index contributed by atoms with van der Waals surface area (Å²) in [6, 6.07) is 18.6. The molecule has 2 N–H and O–H groups in total. The molecule has 1 fully saturated rings. The lowest BCUT2D eigenvalue weighted by molar-refractivity contribution is -0.128. The first-order valence-electron chi connectivity index (χ1n) is 8.38. The van der Waals surface area contributed by atoms with Crippen LogP contribution >= 0.6 is 0 Å². The van der Waals surface area contributed by atoms with Crippen molar-refractivity contribution >= 4 is 12.0 Å². The van der Waals surface area contributed by atoms with Gasteiger partial charge in [-0.3, -0.25) is 4.79 Å². The van der Waals surface area contributed by atoms with Gasteiger partial charge < -0.3 is 10.5 Å². The van der Waals surface area contributed by atoms with Crippen molar-refractivity contribution in [2.75, 3.05) is 6.54 Å². The van der Waals surface area contributed by atoms with Crippen LogP contribution in [0.4, 0.5) is 4.79 Å². The minimum Gasteiger partial charge on any atom is -0.430 e. The monoisotopic (exact) mass is 338 g/mol. The van der Waals surface area contributed by atoms with Gasteiger partial charge in [-0.05, 0) is 5.92 Å². The average Bonchev–Trinajstić information content (AvgIpc) is 2.97. The summed E-state index contributed by atoms with van der Waals surface area (Å²) in [5.74, 6) is -0.459. The first-order chi connectivity index (χ1) is 12.0. The van der Waals surface area contributed by atoms with Crippen molar-refractivity contribution in [3.8, 4) is 0 Å². The predicted molar refractivity (Wildman–Crippen MR) is 94.7 cm³/mol. The molecule has 0 radical (unpaired) electrons. The molecule has 1 atom stereocenters. The normalized spacial score (nSPS) is 19.1. The molecular formula is C20H22N2O3. The van der Waals surface area contributed by atoms with Crippen molar-refractivity contribution < 1.29 is 14.3 Å². The Hall–Kier alpha value is -2.66. The minimum absolute atomic E-state index is 0.0256. The maximum Gasteiger partial charge on any atom is 0.418 e. The summed E-state index contributed by atoms with van der Waals surface area (Å²) < 4.78 is 5.94. The summed E-state index contributed by atoms with van der Waals surface area (Å²) in [5, 5.41) is 0. The maximum atomic E-state index is 12.7. The molecule has 0 saturated carbocycles. The highest BCUT2D eigenvalue weighted by molar-refractivity contribution is 5.95. The third-order valence-corrected chi connectivity index (χ3v) is 4.62. The van der Waals surface area contributed by atoms with Gasteiger partial charge in [0.15, 0.2) is 5.60 Å². The van der Waals surface area contributed by atoms with Crippen LogP contribution in [-0.4, -0.2) is 29.5 Å². The molecule has 1 unspecified atom stereocenters. The summed E-state index contributed by atoms with van der Waals surface area (Å²) in [7, 11) is 0. The lowest BCUT2D eigenvalue weighted by atomic mass is 9.75. The van der Waals surface area contributed by atoms with E-state index in [9.17, 15) is 9.59 Å². The van der Waals surface area contributed by atoms with Crippen molar-refractivity contribution in [2.24, 2.45) is 11.7 Å². The Bertz CT molecular complexity index is 720. The van der Waals surface area contributed by atoms with Crippen LogP contribution in [-0.2, 0) is 15.1 Å². The highest BCUT2D eigenvalue weighted by atomic mass is 16.6. The molecule has 130 valence electrons. The average molecular weight is 338 g/mol. The van der Waals surface area contributed by atoms with Gasteiger partial charge in [0.25, 0.3) is 0 Å². The number of cyclic esters (lactones) is 1. The third-order valence-electron chi connectivity index (χ3n) is 4.62. The Morgan fingerprint density at radius 1 is 1.08 bits per heavy atom. The van der Waals surface area contributed by atoms with Gasteiger partial charge in [0, 0.05) is 11.1 Å². The van der Waals surface area contributed by atoms with Gasteiger partial charge in [0.2, 0.25) is 5.91 Å². The Labute approximate surface area is 147 Å². The van der Waals surface area contributed by atoms with Gasteiger partial charge in [-0.15, -0.1) is 0 Å². The first-order valence-corrected chi connectivity index (χ1v) is 8.38. The molecule has 5 heteroatoms. The molecule has 0 bridgehead atoms. The third kappa shape index (κ3) is 2.70. The number of benzene rings is 2. The first kappa shape index (κ1) is 17.2. The highest BCUT2D eigenvalue weighted by Gasteiger charge is 2.58. The van der Waals surface area contributed by atoms with Crippen molar-refractivity contribution in [3.05, 3.63) is 71.8 Å². The number of rotatable bonds is 4. The lowest BCUT2D eigenvalue weighted by Crippen LogP contribution is -2.51. The molecule has 2 aromatic carbocycles. The standard InChI is InChI=1S/C20H22N2O3/c1-14(2)18-20(15-9-5-3-6-10-15,16-11-7-4-8-12-16)25-19(24)22(18)17(23)13-21/h3-12,14,18H,13,21H2,1-2H3. The van der Waals surface area contributed by atoms with E-state index in [1.54, 1.807) is 0 Å². The molecule has 0 aliphatic carbocycles. The number of nitrogens with two attached hydrogens (primary N) is 1. The van der Waals surface area contributed by atoms with E-state index in [1.807, 2.05) is 74.5 Å². The van der Waals surface area contributed by atoms with E-state index >= 15 is 0 Å². The number of imide groups is 1. The van der Waals surface area contributed by atoms with Crippen LogP contribution in [0.25, 0.3) is 0 Å². The van der Waals surface area contributed by atoms with Crippen LogP contribution in [0.1, 0.15) is 25.0 Å². The van der Waals surface area contributed by atoms with Crippen LogP contribution in [0, 0.1) is 5.92 Å². The summed E-state index contributed by atoms with van der Waals surface area (Å²) in [6.07, 6.45) is -0.651. The molecule has 3 rings (SSSR count). The van der Waals surface area contributed by atoms with E-state index in [-0.39, 0.29) is 12.5 Å². The molecule has 0 spiro atoms. The van der Waals surface area contributed by atoms with Crippen LogP contribution in [0.15, 0.2) is 60.7 Å². The fourth-order valence-corrected chi connectivity index (χ4v) is 3.66. The Balaban J connectivity index is 2.27. The van der Waals surface area contributed by atoms with E-state index in [1.165, 1.54) is 4.90 Å². The van der Waals surface area contributed by atoms with Crippen molar-refractivity contribution in [2.45, 2.75) is 25.5 Å². The fraction of sp³-hybridized carbons (Fsp3) is 0.300. The largest absolute Gasteiger partial charge is 0.430 e. The molecule has 25 heavy (non-hydrogen) atoms. The van der Waals surface area contributed by atoms with Gasteiger partial charge in [-0.1, -0.05) is 74.5 Å². The molecular weight excluding hydrogens is 316 g/mol. The topological polar surface area (TPSA) is 72.6 Å². The van der Waals surface area contributed by atoms with Crippen molar-refractivity contribution in [3.63, 3.8) is 0 Å². The zero-order valence-electron chi connectivity index (χ0n) is 14.4. The Morgan fingerprint density at radius 3 is 1.96 bits per heavy atom. The van der Waals surface area contributed by atoms with Crippen LogP contribution in [0.3, 0.4) is 0 Å². The molecule has 1 aliphatic heterocycles. The molecule has 1 saturated heterocycles. The van der Waals surface area contributed by atoms with Gasteiger partial charge in [0.1, 0.15) is 0 Å². The lowest BCUT2D eigenvalue weighted by Gasteiger charge is -2.37. The van der Waals surface area contributed by atoms with Crippen LogP contribution < -0.4 is 5.73 Å².